The van der Waals surface area contributed by atoms with Gasteiger partial charge in [-0.1, -0.05) is 44.2 Å². The maximum absolute atomic E-state index is 6.34. The van der Waals surface area contributed by atoms with Crippen LogP contribution in [-0.4, -0.2) is 43.8 Å². The van der Waals surface area contributed by atoms with E-state index in [4.69, 9.17) is 10.5 Å². The van der Waals surface area contributed by atoms with E-state index in [1.165, 1.54) is 5.56 Å². The van der Waals surface area contributed by atoms with Gasteiger partial charge < -0.3 is 10.5 Å². The number of hydrogen-bond donors (Lipinski definition) is 1. The van der Waals surface area contributed by atoms with Gasteiger partial charge in [0, 0.05) is 32.3 Å². The summed E-state index contributed by atoms with van der Waals surface area (Å²) in [5.74, 6) is 0. The molecule has 20 heavy (non-hydrogen) atoms. The highest BCUT2D eigenvalue weighted by atomic mass is 16.5. The number of benzene rings is 1. The van der Waals surface area contributed by atoms with Crippen LogP contribution in [0.25, 0.3) is 0 Å². The smallest absolute Gasteiger partial charge is 0.0589 e. The first-order chi connectivity index (χ1) is 9.71. The fourth-order valence-corrected chi connectivity index (χ4v) is 2.72. The minimum absolute atomic E-state index is 0.176. The van der Waals surface area contributed by atoms with Crippen LogP contribution in [0.15, 0.2) is 30.3 Å². The Hall–Kier alpha value is -0.900. The molecule has 3 nitrogen and oxygen atoms in total. The molecule has 0 saturated carbocycles. The number of rotatable bonds is 10. The van der Waals surface area contributed by atoms with Gasteiger partial charge in [0.05, 0.1) is 6.61 Å². The molecule has 1 aromatic rings. The van der Waals surface area contributed by atoms with E-state index in [1.54, 1.807) is 7.11 Å². The molecule has 0 aliphatic rings. The molecule has 1 unspecified atom stereocenters. The summed E-state index contributed by atoms with van der Waals surface area (Å²) >= 11 is 0. The molecule has 0 bridgehead atoms. The van der Waals surface area contributed by atoms with Gasteiger partial charge >= 0.3 is 0 Å². The van der Waals surface area contributed by atoms with E-state index in [9.17, 15) is 0 Å². The average molecular weight is 278 g/mol. The van der Waals surface area contributed by atoms with Crippen LogP contribution in [0.3, 0.4) is 0 Å². The van der Waals surface area contributed by atoms with E-state index in [2.05, 4.69) is 43.0 Å². The topological polar surface area (TPSA) is 38.5 Å². The third-order valence-corrected chi connectivity index (χ3v) is 3.85. The lowest BCUT2D eigenvalue weighted by atomic mass is 10.0. The lowest BCUT2D eigenvalue weighted by Crippen LogP contribution is -2.45. The second kappa shape index (κ2) is 9.92. The maximum atomic E-state index is 6.34. The number of hydrogen-bond acceptors (Lipinski definition) is 3. The van der Waals surface area contributed by atoms with Gasteiger partial charge in [-0.3, -0.25) is 4.90 Å². The van der Waals surface area contributed by atoms with Crippen molar-refractivity contribution in [2.24, 2.45) is 5.73 Å². The first kappa shape index (κ1) is 17.2. The summed E-state index contributed by atoms with van der Waals surface area (Å²) < 4.78 is 5.23. The van der Waals surface area contributed by atoms with Crippen LogP contribution in [0.2, 0.25) is 0 Å². The maximum Gasteiger partial charge on any atom is 0.0589 e. The van der Waals surface area contributed by atoms with Gasteiger partial charge in [0.15, 0.2) is 0 Å². The molecule has 0 fully saturated rings. The van der Waals surface area contributed by atoms with Crippen LogP contribution in [0.1, 0.15) is 32.3 Å². The normalized spacial score (nSPS) is 13.1. The van der Waals surface area contributed by atoms with Crippen LogP contribution >= 0.6 is 0 Å². The molecule has 2 N–H and O–H groups in total. The SMILES string of the molecule is CCC(CC)N(CCOC)CC(N)Cc1ccccc1. The molecule has 0 heterocycles. The molecule has 0 radical (unpaired) electrons. The number of ether oxygens (including phenoxy) is 1. The molecule has 1 aromatic carbocycles. The lowest BCUT2D eigenvalue weighted by Gasteiger charge is -2.32. The number of nitrogens with zero attached hydrogens (tertiary/aromatic N) is 1. The van der Waals surface area contributed by atoms with Crippen molar-refractivity contribution in [3.63, 3.8) is 0 Å². The van der Waals surface area contributed by atoms with Crippen LogP contribution in [0.5, 0.6) is 0 Å². The Kier molecular flexibility index (Phi) is 8.51. The third-order valence-electron chi connectivity index (χ3n) is 3.85. The van der Waals surface area contributed by atoms with E-state index in [1.807, 2.05) is 6.07 Å². The third kappa shape index (κ3) is 6.04. The lowest BCUT2D eigenvalue weighted by molar-refractivity contribution is 0.110. The molecular weight excluding hydrogens is 248 g/mol. The van der Waals surface area contributed by atoms with Crippen molar-refractivity contribution >= 4 is 0 Å². The second-order valence-corrected chi connectivity index (χ2v) is 5.41. The molecule has 1 rings (SSSR count). The highest BCUT2D eigenvalue weighted by Crippen LogP contribution is 2.10. The molecule has 0 aliphatic heterocycles. The highest BCUT2D eigenvalue weighted by Gasteiger charge is 2.17. The Balaban J connectivity index is 2.54. The predicted molar refractivity (Wildman–Crippen MR) is 85.9 cm³/mol. The van der Waals surface area contributed by atoms with Crippen LogP contribution in [0.4, 0.5) is 0 Å². The molecular formula is C17H30N2O. The van der Waals surface area contributed by atoms with Gasteiger partial charge in [-0.15, -0.1) is 0 Å². The Morgan fingerprint density at radius 2 is 1.80 bits per heavy atom. The van der Waals surface area contributed by atoms with Crippen LogP contribution in [0, 0.1) is 0 Å². The average Bonchev–Trinajstić information content (AvgIpc) is 2.46. The molecule has 0 spiro atoms. The standard InChI is InChI=1S/C17H30N2O/c1-4-17(5-2)19(11-12-20-3)14-16(18)13-15-9-7-6-8-10-15/h6-10,16-17H,4-5,11-14,18H2,1-3H3. The molecule has 114 valence electrons. The summed E-state index contributed by atoms with van der Waals surface area (Å²) in [5, 5.41) is 0. The Morgan fingerprint density at radius 1 is 1.15 bits per heavy atom. The van der Waals surface area contributed by atoms with Gasteiger partial charge in [-0.25, -0.2) is 0 Å². The largest absolute Gasteiger partial charge is 0.383 e. The van der Waals surface area contributed by atoms with Crippen LogP contribution < -0.4 is 5.73 Å². The van der Waals surface area contributed by atoms with E-state index in [0.29, 0.717) is 6.04 Å². The monoisotopic (exact) mass is 278 g/mol. The van der Waals surface area contributed by atoms with Gasteiger partial charge in [0.25, 0.3) is 0 Å². The van der Waals surface area contributed by atoms with E-state index in [-0.39, 0.29) is 6.04 Å². The molecule has 3 heteroatoms. The quantitative estimate of drug-likeness (QED) is 0.715. The summed E-state index contributed by atoms with van der Waals surface area (Å²) in [5.41, 5.74) is 7.66. The van der Waals surface area contributed by atoms with Crippen molar-refractivity contribution in [2.75, 3.05) is 26.8 Å². The highest BCUT2D eigenvalue weighted by molar-refractivity contribution is 5.15. The molecule has 0 aliphatic carbocycles. The van der Waals surface area contributed by atoms with E-state index in [0.717, 1.165) is 39.0 Å². The van der Waals surface area contributed by atoms with Gasteiger partial charge in [0.2, 0.25) is 0 Å². The van der Waals surface area contributed by atoms with Crippen molar-refractivity contribution in [1.82, 2.24) is 4.90 Å². The van der Waals surface area contributed by atoms with Gasteiger partial charge in [-0.2, -0.15) is 0 Å². The van der Waals surface area contributed by atoms with Crippen molar-refractivity contribution in [2.45, 2.75) is 45.2 Å². The Morgan fingerprint density at radius 3 is 2.35 bits per heavy atom. The number of methoxy groups -OCH3 is 1. The summed E-state index contributed by atoms with van der Waals surface area (Å²) in [4.78, 5) is 2.48. The van der Waals surface area contributed by atoms with Crippen molar-refractivity contribution in [3.8, 4) is 0 Å². The first-order valence-corrected chi connectivity index (χ1v) is 7.73. The zero-order chi connectivity index (χ0) is 14.8. The Labute approximate surface area is 124 Å². The zero-order valence-corrected chi connectivity index (χ0v) is 13.2. The summed E-state index contributed by atoms with van der Waals surface area (Å²) in [6, 6.07) is 11.3. The first-order valence-electron chi connectivity index (χ1n) is 7.73. The fourth-order valence-electron chi connectivity index (χ4n) is 2.72. The van der Waals surface area contributed by atoms with Gasteiger partial charge in [0.1, 0.15) is 0 Å². The van der Waals surface area contributed by atoms with E-state index < -0.39 is 0 Å². The second-order valence-electron chi connectivity index (χ2n) is 5.41. The predicted octanol–water partition coefficient (Wildman–Crippen LogP) is 2.69. The molecule has 0 aromatic heterocycles. The number of nitrogens with two attached hydrogens (primary N) is 1. The minimum atomic E-state index is 0.176. The summed E-state index contributed by atoms with van der Waals surface area (Å²) in [7, 11) is 1.76. The Bertz CT molecular complexity index is 338. The van der Waals surface area contributed by atoms with E-state index >= 15 is 0 Å². The van der Waals surface area contributed by atoms with Gasteiger partial charge in [-0.05, 0) is 24.8 Å². The minimum Gasteiger partial charge on any atom is -0.383 e. The van der Waals surface area contributed by atoms with Crippen molar-refractivity contribution in [1.29, 1.82) is 0 Å². The fraction of sp³-hybridized carbons (Fsp3) is 0.647. The summed E-state index contributed by atoms with van der Waals surface area (Å²) in [6.07, 6.45) is 3.26. The van der Waals surface area contributed by atoms with Crippen molar-refractivity contribution in [3.05, 3.63) is 35.9 Å². The molecule has 0 saturated heterocycles. The summed E-state index contributed by atoms with van der Waals surface area (Å²) in [6.45, 7) is 7.16. The molecule has 0 amide bonds. The zero-order valence-electron chi connectivity index (χ0n) is 13.2. The van der Waals surface area contributed by atoms with Crippen molar-refractivity contribution < 1.29 is 4.74 Å². The molecule has 1 atom stereocenters. The van der Waals surface area contributed by atoms with Crippen LogP contribution in [-0.2, 0) is 11.2 Å².